The zero-order chi connectivity index (χ0) is 14.7. The minimum Gasteiger partial charge on any atom is -0.497 e. The zero-order valence-corrected chi connectivity index (χ0v) is 12.3. The van der Waals surface area contributed by atoms with Gasteiger partial charge >= 0.3 is 0 Å². The number of anilines is 1. The van der Waals surface area contributed by atoms with Crippen LogP contribution in [0.3, 0.4) is 0 Å². The summed E-state index contributed by atoms with van der Waals surface area (Å²) in [4.78, 5) is 14.7. The van der Waals surface area contributed by atoms with E-state index in [1.54, 1.807) is 25.3 Å². The summed E-state index contributed by atoms with van der Waals surface area (Å²) in [5.74, 6) is 0.952. The molecule has 3 N–H and O–H groups in total. The van der Waals surface area contributed by atoms with Gasteiger partial charge < -0.3 is 20.7 Å². The summed E-state index contributed by atoms with van der Waals surface area (Å²) >= 11 is 0. The van der Waals surface area contributed by atoms with Crippen molar-refractivity contribution in [2.24, 2.45) is 5.92 Å². The van der Waals surface area contributed by atoms with Gasteiger partial charge in [-0.1, -0.05) is 6.92 Å². The van der Waals surface area contributed by atoms with Crippen LogP contribution >= 0.6 is 0 Å². The Morgan fingerprint density at radius 1 is 1.50 bits per heavy atom. The molecular weight excluding hydrogens is 254 g/mol. The van der Waals surface area contributed by atoms with Gasteiger partial charge in [-0.2, -0.15) is 0 Å². The molecule has 1 saturated heterocycles. The number of nitrogens with two attached hydrogens (primary N) is 1. The van der Waals surface area contributed by atoms with Crippen molar-refractivity contribution in [3.8, 4) is 5.75 Å². The number of nitrogen functional groups attached to an aromatic ring is 1. The Bertz CT molecular complexity index is 490. The fourth-order valence-electron chi connectivity index (χ4n) is 2.67. The molecule has 0 bridgehead atoms. The third-order valence-corrected chi connectivity index (χ3v) is 3.93. The molecule has 1 heterocycles. The Balaban J connectivity index is 2.08. The molecular formula is C15H23N3O2. The maximum atomic E-state index is 12.4. The van der Waals surface area contributed by atoms with Gasteiger partial charge in [-0.3, -0.25) is 4.79 Å². The monoisotopic (exact) mass is 277 g/mol. The van der Waals surface area contributed by atoms with Crippen LogP contribution in [0, 0.1) is 5.92 Å². The molecule has 2 rings (SSSR count). The van der Waals surface area contributed by atoms with Gasteiger partial charge in [-0.05, 0) is 44.1 Å². The van der Waals surface area contributed by atoms with E-state index >= 15 is 0 Å². The fraction of sp³-hybridized carbons (Fsp3) is 0.533. The molecule has 2 atom stereocenters. The highest BCUT2D eigenvalue weighted by molar-refractivity contribution is 5.99. The van der Waals surface area contributed by atoms with E-state index in [0.717, 1.165) is 19.5 Å². The Morgan fingerprint density at radius 3 is 2.90 bits per heavy atom. The Morgan fingerprint density at radius 2 is 2.25 bits per heavy atom. The third kappa shape index (κ3) is 3.22. The number of nitrogens with one attached hydrogen (secondary N) is 1. The first-order valence-electron chi connectivity index (χ1n) is 6.94. The molecule has 1 fully saturated rings. The highest BCUT2D eigenvalue weighted by atomic mass is 16.5. The summed E-state index contributed by atoms with van der Waals surface area (Å²) in [5, 5.41) is 3.10. The Hall–Kier alpha value is -1.75. The Kier molecular flexibility index (Phi) is 4.49. The summed E-state index contributed by atoms with van der Waals surface area (Å²) in [6, 6.07) is 5.34. The first-order chi connectivity index (χ1) is 9.51. The van der Waals surface area contributed by atoms with Crippen molar-refractivity contribution in [3.05, 3.63) is 23.8 Å². The molecule has 20 heavy (non-hydrogen) atoms. The molecule has 1 aromatic rings. The largest absolute Gasteiger partial charge is 0.497 e. The topological polar surface area (TPSA) is 67.6 Å². The van der Waals surface area contributed by atoms with Crippen LogP contribution in [-0.4, -0.2) is 44.1 Å². The minimum atomic E-state index is -0.122. The van der Waals surface area contributed by atoms with Gasteiger partial charge in [0.15, 0.2) is 0 Å². The zero-order valence-electron chi connectivity index (χ0n) is 12.3. The van der Waals surface area contributed by atoms with Crippen LogP contribution in [0.4, 0.5) is 5.69 Å². The number of likely N-dealkylation sites (tertiary alicyclic amines) is 1. The number of piperidine rings is 1. The van der Waals surface area contributed by atoms with Gasteiger partial charge in [-0.15, -0.1) is 0 Å². The first-order valence-corrected chi connectivity index (χ1v) is 6.94. The van der Waals surface area contributed by atoms with E-state index in [9.17, 15) is 4.79 Å². The van der Waals surface area contributed by atoms with Gasteiger partial charge in [0, 0.05) is 18.3 Å². The predicted molar refractivity (Wildman–Crippen MR) is 79.9 cm³/mol. The van der Waals surface area contributed by atoms with E-state index in [-0.39, 0.29) is 11.9 Å². The molecule has 1 aromatic carbocycles. The third-order valence-electron chi connectivity index (χ3n) is 3.93. The van der Waals surface area contributed by atoms with E-state index < -0.39 is 0 Å². The standard InChI is InChI=1S/C15H23N3O2/c1-10-9-18(2)7-6-14(10)17-15(19)12-8-11(20-3)4-5-13(12)16/h4-5,8,10,14H,6-7,9,16H2,1-3H3,(H,17,19). The van der Waals surface area contributed by atoms with Gasteiger partial charge in [0.2, 0.25) is 0 Å². The summed E-state index contributed by atoms with van der Waals surface area (Å²) in [6.07, 6.45) is 0.966. The average Bonchev–Trinajstić information content (AvgIpc) is 2.42. The SMILES string of the molecule is COc1ccc(N)c(C(=O)NC2CCN(C)CC2C)c1. The van der Waals surface area contributed by atoms with Crippen LogP contribution in [-0.2, 0) is 0 Å². The maximum Gasteiger partial charge on any atom is 0.253 e. The fourth-order valence-corrected chi connectivity index (χ4v) is 2.67. The van der Waals surface area contributed by atoms with Crippen molar-refractivity contribution >= 4 is 11.6 Å². The second kappa shape index (κ2) is 6.13. The lowest BCUT2D eigenvalue weighted by Gasteiger charge is -2.35. The first kappa shape index (κ1) is 14.7. The number of rotatable bonds is 3. The van der Waals surface area contributed by atoms with Crippen LogP contribution in [0.1, 0.15) is 23.7 Å². The van der Waals surface area contributed by atoms with Gasteiger partial charge in [0.05, 0.1) is 12.7 Å². The number of ether oxygens (including phenoxy) is 1. The summed E-state index contributed by atoms with van der Waals surface area (Å²) in [6.45, 7) is 4.16. The molecule has 0 aliphatic carbocycles. The lowest BCUT2D eigenvalue weighted by atomic mass is 9.94. The molecule has 5 heteroatoms. The molecule has 5 nitrogen and oxygen atoms in total. The second-order valence-electron chi connectivity index (χ2n) is 5.56. The molecule has 0 aromatic heterocycles. The van der Waals surface area contributed by atoms with Gasteiger partial charge in [0.1, 0.15) is 5.75 Å². The number of amides is 1. The summed E-state index contributed by atoms with van der Waals surface area (Å²) in [7, 11) is 3.68. The van der Waals surface area contributed by atoms with E-state index in [1.807, 2.05) is 0 Å². The summed E-state index contributed by atoms with van der Waals surface area (Å²) < 4.78 is 5.14. The number of methoxy groups -OCH3 is 1. The number of hydrogen-bond donors (Lipinski definition) is 2. The van der Waals surface area contributed by atoms with Crippen LogP contribution in [0.25, 0.3) is 0 Å². The average molecular weight is 277 g/mol. The molecule has 1 aliphatic heterocycles. The van der Waals surface area contributed by atoms with Crippen LogP contribution < -0.4 is 15.8 Å². The van der Waals surface area contributed by atoms with Crippen molar-refractivity contribution in [3.63, 3.8) is 0 Å². The van der Waals surface area contributed by atoms with Crippen molar-refractivity contribution in [2.75, 3.05) is 33.0 Å². The molecule has 110 valence electrons. The van der Waals surface area contributed by atoms with Crippen molar-refractivity contribution in [2.45, 2.75) is 19.4 Å². The van der Waals surface area contributed by atoms with Crippen molar-refractivity contribution in [1.82, 2.24) is 10.2 Å². The van der Waals surface area contributed by atoms with Gasteiger partial charge in [0.25, 0.3) is 5.91 Å². The molecule has 1 aliphatic rings. The molecule has 2 unspecified atom stereocenters. The smallest absolute Gasteiger partial charge is 0.253 e. The number of carbonyl (C=O) groups excluding carboxylic acids is 1. The minimum absolute atomic E-state index is 0.122. The molecule has 0 radical (unpaired) electrons. The quantitative estimate of drug-likeness (QED) is 0.818. The summed E-state index contributed by atoms with van der Waals surface area (Å²) in [5.41, 5.74) is 6.84. The van der Waals surface area contributed by atoms with Crippen LogP contribution in [0.5, 0.6) is 5.75 Å². The van der Waals surface area contributed by atoms with Crippen molar-refractivity contribution in [1.29, 1.82) is 0 Å². The number of nitrogens with zero attached hydrogens (tertiary/aromatic N) is 1. The van der Waals surface area contributed by atoms with E-state index in [1.165, 1.54) is 0 Å². The van der Waals surface area contributed by atoms with Gasteiger partial charge in [-0.25, -0.2) is 0 Å². The predicted octanol–water partition coefficient (Wildman–Crippen LogP) is 1.35. The van der Waals surface area contributed by atoms with Crippen molar-refractivity contribution < 1.29 is 9.53 Å². The molecule has 0 spiro atoms. The lowest BCUT2D eigenvalue weighted by molar-refractivity contribution is 0.0884. The second-order valence-corrected chi connectivity index (χ2v) is 5.56. The lowest BCUT2D eigenvalue weighted by Crippen LogP contribution is -2.48. The van der Waals surface area contributed by atoms with Crippen LogP contribution in [0.2, 0.25) is 0 Å². The number of carbonyl (C=O) groups is 1. The Labute approximate surface area is 120 Å². The molecule has 0 saturated carbocycles. The highest BCUT2D eigenvalue weighted by Gasteiger charge is 2.26. The normalized spacial score (nSPS) is 23.4. The van der Waals surface area contributed by atoms with Crippen LogP contribution in [0.15, 0.2) is 18.2 Å². The highest BCUT2D eigenvalue weighted by Crippen LogP contribution is 2.21. The molecule has 1 amide bonds. The maximum absolute atomic E-state index is 12.4. The van der Waals surface area contributed by atoms with E-state index in [4.69, 9.17) is 10.5 Å². The number of hydrogen-bond acceptors (Lipinski definition) is 4. The number of benzene rings is 1. The van der Waals surface area contributed by atoms with E-state index in [0.29, 0.717) is 22.9 Å². The van der Waals surface area contributed by atoms with E-state index in [2.05, 4.69) is 24.2 Å².